The van der Waals surface area contributed by atoms with Crippen LogP contribution in [-0.2, 0) is 9.53 Å². The van der Waals surface area contributed by atoms with Crippen LogP contribution >= 0.6 is 0 Å². The van der Waals surface area contributed by atoms with Gasteiger partial charge in [-0.3, -0.25) is 4.79 Å². The average molecular weight is 184 g/mol. The van der Waals surface area contributed by atoms with Gasteiger partial charge in [-0.25, -0.2) is 0 Å². The minimum Gasteiger partial charge on any atom is -0.383 e. The Morgan fingerprint density at radius 2 is 2.38 bits per heavy atom. The van der Waals surface area contributed by atoms with Crippen molar-refractivity contribution in [2.75, 3.05) is 20.3 Å². The van der Waals surface area contributed by atoms with E-state index >= 15 is 0 Å². The van der Waals surface area contributed by atoms with E-state index in [1.54, 1.807) is 7.11 Å². The molecule has 4 heteroatoms. The van der Waals surface area contributed by atoms with Gasteiger partial charge in [0.1, 0.15) is 0 Å². The van der Waals surface area contributed by atoms with Crippen molar-refractivity contribution < 1.29 is 9.53 Å². The van der Waals surface area contributed by atoms with Crippen molar-refractivity contribution in [3.8, 4) is 6.07 Å². The van der Waals surface area contributed by atoms with Crippen LogP contribution in [0.2, 0.25) is 0 Å². The topological polar surface area (TPSA) is 62.1 Å². The molecule has 0 aliphatic rings. The molecule has 0 aromatic heterocycles. The van der Waals surface area contributed by atoms with E-state index in [0.29, 0.717) is 26.0 Å². The lowest BCUT2D eigenvalue weighted by Gasteiger charge is -2.04. The van der Waals surface area contributed by atoms with Crippen LogP contribution in [-0.4, -0.2) is 26.2 Å². The fraction of sp³-hybridized carbons (Fsp3) is 0.778. The number of methoxy groups -OCH3 is 1. The zero-order chi connectivity index (χ0) is 10.1. The van der Waals surface area contributed by atoms with Gasteiger partial charge in [-0.1, -0.05) is 0 Å². The largest absolute Gasteiger partial charge is 0.383 e. The number of carbonyl (C=O) groups is 1. The maximum absolute atomic E-state index is 11.1. The van der Waals surface area contributed by atoms with Gasteiger partial charge < -0.3 is 10.1 Å². The lowest BCUT2D eigenvalue weighted by atomic mass is 10.1. The van der Waals surface area contributed by atoms with E-state index in [4.69, 9.17) is 10.00 Å². The highest BCUT2D eigenvalue weighted by Gasteiger charge is 2.04. The predicted octanol–water partition coefficient (Wildman–Crippen LogP) is 0.689. The Bertz CT molecular complexity index is 187. The van der Waals surface area contributed by atoms with Gasteiger partial charge in [0, 0.05) is 26.0 Å². The maximum atomic E-state index is 11.1. The Labute approximate surface area is 78.9 Å². The molecule has 0 saturated carbocycles. The van der Waals surface area contributed by atoms with Crippen molar-refractivity contribution in [3.63, 3.8) is 0 Å². The lowest BCUT2D eigenvalue weighted by molar-refractivity contribution is -0.121. The summed E-state index contributed by atoms with van der Waals surface area (Å²) in [4.78, 5) is 11.1. The molecule has 0 spiro atoms. The molecule has 0 aromatic carbocycles. The Morgan fingerprint density at radius 1 is 1.69 bits per heavy atom. The van der Waals surface area contributed by atoms with E-state index in [0.717, 1.165) is 0 Å². The molecule has 0 fully saturated rings. The zero-order valence-electron chi connectivity index (χ0n) is 8.17. The lowest BCUT2D eigenvalue weighted by Crippen LogP contribution is -2.26. The van der Waals surface area contributed by atoms with E-state index in [2.05, 4.69) is 11.4 Å². The summed E-state index contributed by atoms with van der Waals surface area (Å²) >= 11 is 0. The van der Waals surface area contributed by atoms with E-state index in [1.165, 1.54) is 0 Å². The molecule has 0 bridgehead atoms. The number of carbonyl (C=O) groups excluding carboxylic acids is 1. The molecule has 0 heterocycles. The average Bonchev–Trinajstić information content (AvgIpc) is 2.14. The summed E-state index contributed by atoms with van der Waals surface area (Å²) in [6.45, 7) is 2.87. The third-order valence-corrected chi connectivity index (χ3v) is 1.65. The molecule has 1 atom stereocenters. The van der Waals surface area contributed by atoms with Crippen LogP contribution in [0.3, 0.4) is 0 Å². The van der Waals surface area contributed by atoms with E-state index < -0.39 is 0 Å². The van der Waals surface area contributed by atoms with Crippen molar-refractivity contribution in [2.45, 2.75) is 19.8 Å². The highest BCUT2D eigenvalue weighted by Crippen LogP contribution is 2.02. The molecule has 0 saturated heterocycles. The molecule has 1 amide bonds. The second-order valence-electron chi connectivity index (χ2n) is 2.91. The standard InChI is InChI=1S/C9H16N2O2/c1-8(7-10)3-4-9(12)11-5-6-13-2/h8H,3-6H2,1-2H3,(H,11,12). The minimum atomic E-state index is -0.0480. The van der Waals surface area contributed by atoms with Gasteiger partial charge in [-0.05, 0) is 13.3 Å². The molecule has 0 aromatic rings. The first-order valence-electron chi connectivity index (χ1n) is 4.36. The Hall–Kier alpha value is -1.08. The van der Waals surface area contributed by atoms with Crippen LogP contribution in [0.1, 0.15) is 19.8 Å². The summed E-state index contributed by atoms with van der Waals surface area (Å²) in [5, 5.41) is 11.1. The summed E-state index contributed by atoms with van der Waals surface area (Å²) in [6.07, 6.45) is 1.04. The Kier molecular flexibility index (Phi) is 6.93. The van der Waals surface area contributed by atoms with Gasteiger partial charge >= 0.3 is 0 Å². The summed E-state index contributed by atoms with van der Waals surface area (Å²) < 4.78 is 4.77. The normalized spacial score (nSPS) is 11.8. The van der Waals surface area contributed by atoms with Gasteiger partial charge in [-0.2, -0.15) is 5.26 Å². The first-order valence-corrected chi connectivity index (χ1v) is 4.36. The number of nitriles is 1. The molecule has 4 nitrogen and oxygen atoms in total. The van der Waals surface area contributed by atoms with Crippen LogP contribution in [0, 0.1) is 17.2 Å². The third-order valence-electron chi connectivity index (χ3n) is 1.65. The summed E-state index contributed by atoms with van der Waals surface area (Å²) in [7, 11) is 1.59. The van der Waals surface area contributed by atoms with Crippen LogP contribution in [0.4, 0.5) is 0 Å². The second-order valence-corrected chi connectivity index (χ2v) is 2.91. The fourth-order valence-corrected chi connectivity index (χ4v) is 0.793. The number of hydrogen-bond acceptors (Lipinski definition) is 3. The van der Waals surface area contributed by atoms with E-state index in [1.807, 2.05) is 6.92 Å². The molecule has 0 aliphatic heterocycles. The Morgan fingerprint density at radius 3 is 2.92 bits per heavy atom. The molecule has 0 rings (SSSR count). The SMILES string of the molecule is COCCNC(=O)CCC(C)C#N. The molecule has 74 valence electrons. The van der Waals surface area contributed by atoms with Crippen molar-refractivity contribution in [2.24, 2.45) is 5.92 Å². The van der Waals surface area contributed by atoms with Gasteiger partial charge in [-0.15, -0.1) is 0 Å². The van der Waals surface area contributed by atoms with Gasteiger partial charge in [0.25, 0.3) is 0 Å². The first-order chi connectivity index (χ1) is 6.20. The second kappa shape index (κ2) is 7.56. The Balaban J connectivity index is 3.36. The fourth-order valence-electron chi connectivity index (χ4n) is 0.793. The minimum absolute atomic E-state index is 0.0147. The number of hydrogen-bond donors (Lipinski definition) is 1. The number of rotatable bonds is 6. The van der Waals surface area contributed by atoms with Crippen LogP contribution in [0.5, 0.6) is 0 Å². The molecule has 0 radical (unpaired) electrons. The summed E-state index contributed by atoms with van der Waals surface area (Å²) in [5.74, 6) is -0.0627. The van der Waals surface area contributed by atoms with Gasteiger partial charge in [0.2, 0.25) is 5.91 Å². The molecular weight excluding hydrogens is 168 g/mol. The zero-order valence-corrected chi connectivity index (χ0v) is 8.17. The van der Waals surface area contributed by atoms with Crippen molar-refractivity contribution in [1.82, 2.24) is 5.32 Å². The van der Waals surface area contributed by atoms with Crippen LogP contribution < -0.4 is 5.32 Å². The molecule has 1 unspecified atom stereocenters. The number of nitrogens with zero attached hydrogens (tertiary/aromatic N) is 1. The monoisotopic (exact) mass is 184 g/mol. The van der Waals surface area contributed by atoms with Crippen molar-refractivity contribution in [1.29, 1.82) is 5.26 Å². The summed E-state index contributed by atoms with van der Waals surface area (Å²) in [6, 6.07) is 2.08. The van der Waals surface area contributed by atoms with E-state index in [9.17, 15) is 4.79 Å². The maximum Gasteiger partial charge on any atom is 0.220 e. The van der Waals surface area contributed by atoms with Crippen LogP contribution in [0.15, 0.2) is 0 Å². The van der Waals surface area contributed by atoms with Crippen molar-refractivity contribution in [3.05, 3.63) is 0 Å². The number of nitrogens with one attached hydrogen (secondary N) is 1. The number of amides is 1. The molecule has 0 aliphatic carbocycles. The van der Waals surface area contributed by atoms with Gasteiger partial charge in [0.05, 0.1) is 12.7 Å². The smallest absolute Gasteiger partial charge is 0.220 e. The first kappa shape index (κ1) is 11.9. The number of ether oxygens (including phenoxy) is 1. The van der Waals surface area contributed by atoms with E-state index in [-0.39, 0.29) is 11.8 Å². The third kappa shape index (κ3) is 7.29. The summed E-state index contributed by atoms with van der Waals surface area (Å²) in [5.41, 5.74) is 0. The van der Waals surface area contributed by atoms with Gasteiger partial charge in [0.15, 0.2) is 0 Å². The van der Waals surface area contributed by atoms with Crippen LogP contribution in [0.25, 0.3) is 0 Å². The van der Waals surface area contributed by atoms with Crippen molar-refractivity contribution >= 4 is 5.91 Å². The molecule has 1 N–H and O–H groups in total. The highest BCUT2D eigenvalue weighted by atomic mass is 16.5. The highest BCUT2D eigenvalue weighted by molar-refractivity contribution is 5.75. The predicted molar refractivity (Wildman–Crippen MR) is 48.9 cm³/mol. The molecule has 13 heavy (non-hydrogen) atoms. The molecular formula is C9H16N2O2. The quantitative estimate of drug-likeness (QED) is 0.618.